The number of amides is 1. The summed E-state index contributed by atoms with van der Waals surface area (Å²) in [4.78, 5) is 11.9. The third-order valence-electron chi connectivity index (χ3n) is 3.96. The van der Waals surface area contributed by atoms with E-state index in [2.05, 4.69) is 20.7 Å². The molecule has 1 atom stereocenters. The first-order valence-electron chi connectivity index (χ1n) is 8.84. The summed E-state index contributed by atoms with van der Waals surface area (Å²) < 4.78 is 11.5. The van der Waals surface area contributed by atoms with Gasteiger partial charge < -0.3 is 15.2 Å². The number of anilines is 1. The van der Waals surface area contributed by atoms with E-state index in [-0.39, 0.29) is 18.4 Å². The lowest BCUT2D eigenvalue weighted by Crippen LogP contribution is -2.19. The van der Waals surface area contributed by atoms with Crippen LogP contribution in [0.15, 0.2) is 53.6 Å². The molecule has 3 aromatic rings. The number of hydrogen-bond acceptors (Lipinski definition) is 8. The fourth-order valence-corrected chi connectivity index (χ4v) is 3.15. The molecule has 8 nitrogen and oxygen atoms in total. The van der Waals surface area contributed by atoms with Crippen molar-refractivity contribution in [2.45, 2.75) is 19.4 Å². The Labute approximate surface area is 172 Å². The monoisotopic (exact) mass is 411 g/mol. The van der Waals surface area contributed by atoms with Crippen LogP contribution in [-0.2, 0) is 11.2 Å². The molecule has 0 unspecified atom stereocenters. The summed E-state index contributed by atoms with van der Waals surface area (Å²) >= 11 is 1.17. The van der Waals surface area contributed by atoms with Crippen LogP contribution in [0.1, 0.15) is 29.2 Å². The molecule has 0 spiro atoms. The Kier molecular flexibility index (Phi) is 6.75. The maximum Gasteiger partial charge on any atom is 0.247 e. The molecule has 9 heteroatoms. The van der Waals surface area contributed by atoms with E-state index in [0.29, 0.717) is 21.6 Å². The van der Waals surface area contributed by atoms with Crippen molar-refractivity contribution in [2.24, 2.45) is 5.10 Å². The van der Waals surface area contributed by atoms with Crippen LogP contribution >= 0.6 is 11.3 Å². The van der Waals surface area contributed by atoms with Crippen molar-refractivity contribution in [3.05, 3.63) is 64.7 Å². The van der Waals surface area contributed by atoms with Crippen molar-refractivity contribution in [3.63, 3.8) is 0 Å². The molecule has 0 aliphatic carbocycles. The molecule has 0 aliphatic heterocycles. The van der Waals surface area contributed by atoms with E-state index in [9.17, 15) is 4.79 Å². The summed E-state index contributed by atoms with van der Waals surface area (Å²) in [7, 11) is 1.58. The second kappa shape index (κ2) is 9.65. The van der Waals surface area contributed by atoms with Crippen molar-refractivity contribution in [3.8, 4) is 11.5 Å². The van der Waals surface area contributed by atoms with Gasteiger partial charge in [-0.15, -0.1) is 10.2 Å². The van der Waals surface area contributed by atoms with E-state index < -0.39 is 0 Å². The lowest BCUT2D eigenvalue weighted by molar-refractivity contribution is -0.120. The SMILES string of the molecule is COc1cc(/C=N\NC(=O)Cc2nnc(N)s2)ccc1O[C@H](C)c1ccccc1. The van der Waals surface area contributed by atoms with Gasteiger partial charge in [-0.25, -0.2) is 5.43 Å². The maximum atomic E-state index is 11.9. The van der Waals surface area contributed by atoms with Crippen LogP contribution < -0.4 is 20.6 Å². The van der Waals surface area contributed by atoms with E-state index in [1.807, 2.05) is 49.4 Å². The van der Waals surface area contributed by atoms with Crippen molar-refractivity contribution < 1.29 is 14.3 Å². The number of nitrogens with two attached hydrogens (primary N) is 1. The second-order valence-electron chi connectivity index (χ2n) is 6.09. The minimum absolute atomic E-state index is 0.0691. The van der Waals surface area contributed by atoms with Crippen molar-refractivity contribution in [1.82, 2.24) is 15.6 Å². The van der Waals surface area contributed by atoms with Crippen molar-refractivity contribution in [2.75, 3.05) is 12.8 Å². The second-order valence-corrected chi connectivity index (χ2v) is 7.18. The van der Waals surface area contributed by atoms with Gasteiger partial charge in [0.1, 0.15) is 11.1 Å². The number of nitrogens with one attached hydrogen (secondary N) is 1. The number of nitrogens with zero attached hydrogens (tertiary/aromatic N) is 3. The van der Waals surface area contributed by atoms with Crippen LogP contribution in [0.5, 0.6) is 11.5 Å². The largest absolute Gasteiger partial charge is 0.493 e. The number of carbonyl (C=O) groups is 1. The number of nitrogen functional groups attached to an aromatic ring is 1. The van der Waals surface area contributed by atoms with E-state index in [1.54, 1.807) is 13.2 Å². The smallest absolute Gasteiger partial charge is 0.247 e. The first-order valence-corrected chi connectivity index (χ1v) is 9.66. The fraction of sp³-hybridized carbons (Fsp3) is 0.200. The standard InChI is InChI=1S/C20H21N5O3S/c1-13(15-6-4-3-5-7-15)28-16-9-8-14(10-17(16)27-2)12-22-23-18(26)11-19-24-25-20(21)29-19/h3-10,12-13H,11H2,1-2H3,(H2,21,25)(H,23,26)/b22-12-/t13-/m1/s1. The lowest BCUT2D eigenvalue weighted by Gasteiger charge is -2.17. The Bertz CT molecular complexity index is 991. The van der Waals surface area contributed by atoms with Gasteiger partial charge in [-0.2, -0.15) is 5.10 Å². The lowest BCUT2D eigenvalue weighted by atomic mass is 10.1. The molecule has 29 heavy (non-hydrogen) atoms. The highest BCUT2D eigenvalue weighted by Crippen LogP contribution is 2.31. The molecule has 1 amide bonds. The molecule has 3 rings (SSSR count). The average molecular weight is 411 g/mol. The summed E-state index contributed by atoms with van der Waals surface area (Å²) in [6.45, 7) is 1.98. The first kappa shape index (κ1) is 20.3. The predicted octanol–water partition coefficient (Wildman–Crippen LogP) is 2.96. The highest BCUT2D eigenvalue weighted by molar-refractivity contribution is 7.15. The van der Waals surface area contributed by atoms with Crippen LogP contribution in [0, 0.1) is 0 Å². The average Bonchev–Trinajstić information content (AvgIpc) is 3.14. The third-order valence-corrected chi connectivity index (χ3v) is 4.71. The number of carbonyl (C=O) groups excluding carboxylic acids is 1. The molecule has 150 valence electrons. The first-order chi connectivity index (χ1) is 14.0. The van der Waals surface area contributed by atoms with Gasteiger partial charge >= 0.3 is 0 Å². The Morgan fingerprint density at radius 1 is 1.24 bits per heavy atom. The van der Waals surface area contributed by atoms with Gasteiger partial charge in [0.2, 0.25) is 11.0 Å². The Morgan fingerprint density at radius 3 is 2.72 bits per heavy atom. The molecule has 1 aromatic heterocycles. The quantitative estimate of drug-likeness (QED) is 0.435. The maximum absolute atomic E-state index is 11.9. The number of benzene rings is 2. The molecular weight excluding hydrogens is 390 g/mol. The van der Waals surface area contributed by atoms with Crippen molar-refractivity contribution in [1.29, 1.82) is 0 Å². The zero-order chi connectivity index (χ0) is 20.6. The molecule has 0 radical (unpaired) electrons. The van der Waals surface area contributed by atoms with E-state index in [0.717, 1.165) is 11.1 Å². The van der Waals surface area contributed by atoms with Crippen molar-refractivity contribution >= 4 is 28.6 Å². The van der Waals surface area contributed by atoms with E-state index in [1.165, 1.54) is 17.6 Å². The summed E-state index contributed by atoms with van der Waals surface area (Å²) in [6.07, 6.45) is 1.47. The predicted molar refractivity (Wildman–Crippen MR) is 112 cm³/mol. The van der Waals surface area contributed by atoms with Gasteiger partial charge in [0.15, 0.2) is 11.5 Å². The van der Waals surface area contributed by atoms with Gasteiger partial charge in [0.05, 0.1) is 19.7 Å². The van der Waals surface area contributed by atoms with E-state index >= 15 is 0 Å². The van der Waals surface area contributed by atoms with Crippen LogP contribution in [0.25, 0.3) is 0 Å². The van der Waals surface area contributed by atoms with Gasteiger partial charge in [0.25, 0.3) is 0 Å². The Morgan fingerprint density at radius 2 is 2.03 bits per heavy atom. The van der Waals surface area contributed by atoms with Gasteiger partial charge in [0, 0.05) is 0 Å². The summed E-state index contributed by atoms with van der Waals surface area (Å²) in [5.41, 5.74) is 9.77. The minimum atomic E-state index is -0.305. The summed E-state index contributed by atoms with van der Waals surface area (Å²) in [6, 6.07) is 15.4. The van der Waals surface area contributed by atoms with Crippen LogP contribution in [-0.4, -0.2) is 29.4 Å². The number of methoxy groups -OCH3 is 1. The minimum Gasteiger partial charge on any atom is -0.493 e. The molecule has 0 saturated heterocycles. The number of aromatic nitrogens is 2. The highest BCUT2D eigenvalue weighted by Gasteiger charge is 2.11. The molecule has 0 aliphatic rings. The molecule has 2 aromatic carbocycles. The molecule has 0 fully saturated rings. The van der Waals surface area contributed by atoms with E-state index in [4.69, 9.17) is 15.2 Å². The normalized spacial score (nSPS) is 11.9. The van der Waals surface area contributed by atoms with Gasteiger partial charge in [-0.3, -0.25) is 4.79 Å². The summed E-state index contributed by atoms with van der Waals surface area (Å²) in [5, 5.41) is 12.3. The topological polar surface area (TPSA) is 112 Å². The van der Waals surface area contributed by atoms with Crippen LogP contribution in [0.3, 0.4) is 0 Å². The molecular formula is C20H21N5O3S. The van der Waals surface area contributed by atoms with Gasteiger partial charge in [-0.1, -0.05) is 41.7 Å². The fourth-order valence-electron chi connectivity index (χ4n) is 2.54. The number of rotatable bonds is 8. The number of hydrogen-bond donors (Lipinski definition) is 2. The molecule has 0 saturated carbocycles. The zero-order valence-corrected chi connectivity index (χ0v) is 16.8. The van der Waals surface area contributed by atoms with Crippen LogP contribution in [0.4, 0.5) is 5.13 Å². The number of ether oxygens (including phenoxy) is 2. The van der Waals surface area contributed by atoms with Gasteiger partial charge in [-0.05, 0) is 36.2 Å². The molecule has 3 N–H and O–H groups in total. The zero-order valence-electron chi connectivity index (χ0n) is 16.0. The number of hydrazone groups is 1. The van der Waals surface area contributed by atoms with Crippen LogP contribution in [0.2, 0.25) is 0 Å². The molecule has 0 bridgehead atoms. The Balaban J connectivity index is 1.60. The third kappa shape index (κ3) is 5.76. The highest BCUT2D eigenvalue weighted by atomic mass is 32.1. The Hall–Kier alpha value is -3.46. The molecule has 1 heterocycles. The summed E-state index contributed by atoms with van der Waals surface area (Å²) in [5.74, 6) is 0.896.